The molecule has 7 nitrogen and oxygen atoms in total. The number of ether oxygens (including phenoxy) is 3. The van der Waals surface area contributed by atoms with E-state index in [1.807, 2.05) is 86.6 Å². The van der Waals surface area contributed by atoms with Crippen LogP contribution in [0.3, 0.4) is 0 Å². The quantitative estimate of drug-likeness (QED) is 0.255. The molecular weight excluding hydrogens is 482 g/mol. The van der Waals surface area contributed by atoms with Crippen molar-refractivity contribution in [1.82, 2.24) is 5.32 Å². The lowest BCUT2D eigenvalue weighted by Crippen LogP contribution is -2.42. The predicted octanol–water partition coefficient (Wildman–Crippen LogP) is 5.64. The molecule has 0 unspecified atom stereocenters. The van der Waals surface area contributed by atoms with Crippen molar-refractivity contribution in [2.75, 3.05) is 13.2 Å². The second kappa shape index (κ2) is 12.6. The van der Waals surface area contributed by atoms with Gasteiger partial charge < -0.3 is 24.6 Å². The Balaban J connectivity index is 1.44. The molecule has 0 aliphatic carbocycles. The summed E-state index contributed by atoms with van der Waals surface area (Å²) >= 11 is 0. The molecule has 0 fully saturated rings. The highest BCUT2D eigenvalue weighted by Gasteiger charge is 2.21. The number of hydrogen-bond acceptors (Lipinski definition) is 5. The summed E-state index contributed by atoms with van der Waals surface area (Å²) in [6.45, 7) is 5.33. The van der Waals surface area contributed by atoms with Crippen molar-refractivity contribution < 1.29 is 28.9 Å². The molecule has 2 N–H and O–H groups in total. The normalized spacial score (nSPS) is 11.5. The minimum absolute atomic E-state index is 0.204. The number of amides is 1. The van der Waals surface area contributed by atoms with E-state index in [1.165, 1.54) is 0 Å². The van der Waals surface area contributed by atoms with Crippen molar-refractivity contribution >= 4 is 22.6 Å². The first-order valence-corrected chi connectivity index (χ1v) is 12.6. The molecule has 38 heavy (non-hydrogen) atoms. The largest absolute Gasteiger partial charge is 0.494 e. The maximum Gasteiger partial charge on any atom is 0.326 e. The van der Waals surface area contributed by atoms with Gasteiger partial charge in [-0.2, -0.15) is 0 Å². The molecule has 1 atom stereocenters. The van der Waals surface area contributed by atoms with Gasteiger partial charge in [-0.05, 0) is 72.1 Å². The van der Waals surface area contributed by atoms with E-state index in [4.69, 9.17) is 14.2 Å². The highest BCUT2D eigenvalue weighted by atomic mass is 16.5. The summed E-state index contributed by atoms with van der Waals surface area (Å²) in [5, 5.41) is 14.0. The van der Waals surface area contributed by atoms with Gasteiger partial charge in [0, 0.05) is 18.1 Å². The smallest absolute Gasteiger partial charge is 0.326 e. The molecule has 0 aliphatic rings. The van der Waals surface area contributed by atoms with Gasteiger partial charge in [0.1, 0.15) is 29.9 Å². The maximum atomic E-state index is 12.8. The third-order valence-electron chi connectivity index (χ3n) is 5.93. The van der Waals surface area contributed by atoms with E-state index in [9.17, 15) is 14.7 Å². The van der Waals surface area contributed by atoms with E-state index in [0.717, 1.165) is 33.4 Å². The van der Waals surface area contributed by atoms with Crippen molar-refractivity contribution in [3.05, 3.63) is 102 Å². The monoisotopic (exact) mass is 513 g/mol. The fourth-order valence-electron chi connectivity index (χ4n) is 4.13. The van der Waals surface area contributed by atoms with Gasteiger partial charge in [-0.3, -0.25) is 4.79 Å². The van der Waals surface area contributed by atoms with Gasteiger partial charge in [0.25, 0.3) is 5.91 Å². The molecule has 196 valence electrons. The van der Waals surface area contributed by atoms with Crippen LogP contribution in [0.5, 0.6) is 17.2 Å². The van der Waals surface area contributed by atoms with E-state index in [2.05, 4.69) is 5.32 Å². The van der Waals surface area contributed by atoms with Gasteiger partial charge in [0.05, 0.1) is 13.2 Å². The molecular formula is C31H31NO6. The van der Waals surface area contributed by atoms with Crippen LogP contribution < -0.4 is 19.5 Å². The highest BCUT2D eigenvalue weighted by molar-refractivity contribution is 6.00. The number of aliphatic carboxylic acids is 1. The molecule has 4 aromatic rings. The van der Waals surface area contributed by atoms with Crippen LogP contribution in [0.1, 0.15) is 35.3 Å². The lowest BCUT2D eigenvalue weighted by molar-refractivity contribution is -0.139. The fraction of sp³-hybridized carbons (Fsp3) is 0.226. The molecule has 0 spiro atoms. The standard InChI is InChI=1S/C31H31NO6/c1-3-36-27-14-22(15-28(19-27)37-4-2)20-38-26-13-12-23-17-25(11-10-24(23)18-26)30(33)32-29(31(34)35)16-21-8-6-5-7-9-21/h5-15,17-19,29H,3-4,16,20H2,1-2H3,(H,32,33)(H,34,35)/t29-/m0/s1. The molecule has 0 bridgehead atoms. The number of carboxylic acid groups (broad SMARTS) is 1. The number of rotatable bonds is 12. The summed E-state index contributed by atoms with van der Waals surface area (Å²) in [6, 6.07) is 24.8. The third-order valence-corrected chi connectivity index (χ3v) is 5.93. The summed E-state index contributed by atoms with van der Waals surface area (Å²) in [4.78, 5) is 24.6. The van der Waals surface area contributed by atoms with Gasteiger partial charge in [0.15, 0.2) is 0 Å². The lowest BCUT2D eigenvalue weighted by Gasteiger charge is -2.15. The number of carbonyl (C=O) groups is 2. The predicted molar refractivity (Wildman–Crippen MR) is 146 cm³/mol. The zero-order valence-electron chi connectivity index (χ0n) is 21.5. The summed E-state index contributed by atoms with van der Waals surface area (Å²) in [5.41, 5.74) is 2.15. The molecule has 0 saturated heterocycles. The van der Waals surface area contributed by atoms with Crippen molar-refractivity contribution in [3.8, 4) is 17.2 Å². The zero-order chi connectivity index (χ0) is 26.9. The topological polar surface area (TPSA) is 94.1 Å². The van der Waals surface area contributed by atoms with Gasteiger partial charge >= 0.3 is 5.97 Å². The summed E-state index contributed by atoms with van der Waals surface area (Å²) in [6.07, 6.45) is 0.204. The van der Waals surface area contributed by atoms with Crippen LogP contribution in [0.4, 0.5) is 0 Å². The van der Waals surface area contributed by atoms with E-state index >= 15 is 0 Å². The molecule has 7 heteroatoms. The Morgan fingerprint density at radius 2 is 1.39 bits per heavy atom. The van der Waals surface area contributed by atoms with Crippen molar-refractivity contribution in [2.24, 2.45) is 0 Å². The Morgan fingerprint density at radius 1 is 0.737 bits per heavy atom. The molecule has 0 aromatic heterocycles. The number of carbonyl (C=O) groups excluding carboxylic acids is 1. The molecule has 0 heterocycles. The second-order valence-electron chi connectivity index (χ2n) is 8.75. The van der Waals surface area contributed by atoms with E-state index in [1.54, 1.807) is 12.1 Å². The van der Waals surface area contributed by atoms with Crippen LogP contribution in [0.15, 0.2) is 84.9 Å². The Kier molecular flexibility index (Phi) is 8.82. The summed E-state index contributed by atoms with van der Waals surface area (Å²) < 4.78 is 17.3. The van der Waals surface area contributed by atoms with E-state index in [-0.39, 0.29) is 6.42 Å². The Hall–Kier alpha value is -4.52. The molecule has 4 rings (SSSR count). The maximum absolute atomic E-state index is 12.8. The van der Waals surface area contributed by atoms with E-state index < -0.39 is 17.9 Å². The number of fused-ring (bicyclic) bond motifs is 1. The molecule has 1 amide bonds. The number of hydrogen-bond donors (Lipinski definition) is 2. The minimum Gasteiger partial charge on any atom is -0.494 e. The Labute approximate surface area is 222 Å². The van der Waals surface area contributed by atoms with Crippen LogP contribution in [0, 0.1) is 0 Å². The molecule has 0 saturated carbocycles. The Bertz CT molecular complexity index is 1380. The van der Waals surface area contributed by atoms with Crippen LogP contribution in [-0.4, -0.2) is 36.2 Å². The van der Waals surface area contributed by atoms with Crippen LogP contribution in [0.25, 0.3) is 10.8 Å². The highest BCUT2D eigenvalue weighted by Crippen LogP contribution is 2.26. The molecule has 0 radical (unpaired) electrons. The average molecular weight is 514 g/mol. The molecule has 4 aromatic carbocycles. The summed E-state index contributed by atoms with van der Waals surface area (Å²) in [5.74, 6) is 0.633. The van der Waals surface area contributed by atoms with Gasteiger partial charge in [-0.1, -0.05) is 42.5 Å². The second-order valence-corrected chi connectivity index (χ2v) is 8.75. The van der Waals surface area contributed by atoms with Crippen molar-refractivity contribution in [3.63, 3.8) is 0 Å². The number of benzene rings is 4. The first-order chi connectivity index (χ1) is 18.4. The van der Waals surface area contributed by atoms with Crippen molar-refractivity contribution in [2.45, 2.75) is 32.9 Å². The SMILES string of the molecule is CCOc1cc(COc2ccc3cc(C(=O)N[C@@H](Cc4ccccc4)C(=O)O)ccc3c2)cc(OCC)c1. The van der Waals surface area contributed by atoms with Crippen LogP contribution >= 0.6 is 0 Å². The average Bonchev–Trinajstić information content (AvgIpc) is 2.92. The van der Waals surface area contributed by atoms with Crippen LogP contribution in [0.2, 0.25) is 0 Å². The van der Waals surface area contributed by atoms with Crippen molar-refractivity contribution in [1.29, 1.82) is 0 Å². The van der Waals surface area contributed by atoms with Crippen LogP contribution in [-0.2, 0) is 17.8 Å². The number of nitrogens with one attached hydrogen (secondary N) is 1. The minimum atomic E-state index is -1.08. The molecule has 0 aliphatic heterocycles. The van der Waals surface area contributed by atoms with Gasteiger partial charge in [-0.15, -0.1) is 0 Å². The first-order valence-electron chi connectivity index (χ1n) is 12.6. The first kappa shape index (κ1) is 26.5. The number of carboxylic acids is 1. The fourth-order valence-corrected chi connectivity index (χ4v) is 4.13. The van der Waals surface area contributed by atoms with Gasteiger partial charge in [0.2, 0.25) is 0 Å². The Morgan fingerprint density at radius 3 is 2.05 bits per heavy atom. The lowest BCUT2D eigenvalue weighted by atomic mass is 10.0. The van der Waals surface area contributed by atoms with E-state index in [0.29, 0.717) is 31.1 Å². The van der Waals surface area contributed by atoms with Gasteiger partial charge in [-0.25, -0.2) is 4.79 Å². The third kappa shape index (κ3) is 7.03. The zero-order valence-corrected chi connectivity index (χ0v) is 21.5. The summed E-state index contributed by atoms with van der Waals surface area (Å²) in [7, 11) is 0.